The van der Waals surface area contributed by atoms with E-state index in [0.717, 1.165) is 6.42 Å². The van der Waals surface area contributed by atoms with Crippen molar-refractivity contribution in [3.63, 3.8) is 0 Å². The van der Waals surface area contributed by atoms with Gasteiger partial charge in [0.25, 0.3) is 0 Å². The molecule has 2 nitrogen and oxygen atoms in total. The number of pyridine rings is 2. The third-order valence-corrected chi connectivity index (χ3v) is 7.48. The molecule has 0 amide bonds. The molecule has 0 atom stereocenters. The molecule has 3 aromatic heterocycles. The van der Waals surface area contributed by atoms with Crippen molar-refractivity contribution in [2.75, 3.05) is 0 Å². The second-order valence-corrected chi connectivity index (χ2v) is 9.46. The molecule has 0 saturated heterocycles. The van der Waals surface area contributed by atoms with Gasteiger partial charge in [-0.2, -0.15) is 0 Å². The molecular formula is C31H25N2+. The molecule has 0 N–H and O–H groups in total. The predicted molar refractivity (Wildman–Crippen MR) is 139 cm³/mol. The van der Waals surface area contributed by atoms with Gasteiger partial charge in [-0.1, -0.05) is 54.6 Å². The molecule has 0 spiro atoms. The van der Waals surface area contributed by atoms with Gasteiger partial charge in [-0.3, -0.25) is 0 Å². The van der Waals surface area contributed by atoms with Gasteiger partial charge in [-0.25, -0.2) is 4.57 Å². The zero-order valence-electron chi connectivity index (χ0n) is 19.2. The molecule has 0 fully saturated rings. The Balaban J connectivity index is 1.75. The molecule has 0 aliphatic carbocycles. The van der Waals surface area contributed by atoms with Crippen LogP contribution in [0.25, 0.3) is 49.0 Å². The third kappa shape index (κ3) is 2.46. The standard InChI is InChI=1S/C31H25N2/c1-19-15-25-24-11-7-8-12-26(24)33-27-18-22(16-21-9-5-4-6-10-21)17-23-13-14-32(3)31(29(23)27)28(20(19)2)30(25)33/h4-15,17-18H,16H2,1-3H3/q+1. The van der Waals surface area contributed by atoms with E-state index >= 15 is 0 Å². The van der Waals surface area contributed by atoms with E-state index in [-0.39, 0.29) is 0 Å². The molecule has 0 bridgehead atoms. The first-order valence-electron chi connectivity index (χ1n) is 11.6. The van der Waals surface area contributed by atoms with E-state index in [4.69, 9.17) is 0 Å². The van der Waals surface area contributed by atoms with Crippen LogP contribution in [0.5, 0.6) is 0 Å². The van der Waals surface area contributed by atoms with Crippen LogP contribution in [0.15, 0.2) is 85.1 Å². The molecule has 2 heteroatoms. The number of para-hydroxylation sites is 1. The Kier molecular flexibility index (Phi) is 3.70. The Hall–Kier alpha value is -3.91. The van der Waals surface area contributed by atoms with Gasteiger partial charge >= 0.3 is 0 Å². The quantitative estimate of drug-likeness (QED) is 0.160. The van der Waals surface area contributed by atoms with E-state index in [0.29, 0.717) is 0 Å². The number of hydrogen-bond acceptors (Lipinski definition) is 0. The summed E-state index contributed by atoms with van der Waals surface area (Å²) in [6.07, 6.45) is 3.15. The Bertz CT molecular complexity index is 1860. The number of rotatable bonds is 2. The van der Waals surface area contributed by atoms with Crippen LogP contribution in [0.3, 0.4) is 0 Å². The van der Waals surface area contributed by atoms with Crippen LogP contribution >= 0.6 is 0 Å². The van der Waals surface area contributed by atoms with Crippen LogP contribution in [-0.4, -0.2) is 4.40 Å². The molecule has 3 heterocycles. The maximum absolute atomic E-state index is 2.52. The van der Waals surface area contributed by atoms with Crippen molar-refractivity contribution >= 4 is 49.0 Å². The van der Waals surface area contributed by atoms with E-state index in [1.54, 1.807) is 0 Å². The normalized spacial score (nSPS) is 12.2. The third-order valence-electron chi connectivity index (χ3n) is 7.48. The highest BCUT2D eigenvalue weighted by Crippen LogP contribution is 2.41. The lowest BCUT2D eigenvalue weighted by Crippen LogP contribution is -2.29. The van der Waals surface area contributed by atoms with Crippen molar-refractivity contribution in [3.8, 4) is 0 Å². The first-order valence-corrected chi connectivity index (χ1v) is 11.6. The van der Waals surface area contributed by atoms with Crippen molar-refractivity contribution in [1.29, 1.82) is 0 Å². The zero-order valence-corrected chi connectivity index (χ0v) is 19.2. The number of nitrogens with zero attached hydrogens (tertiary/aromatic N) is 2. The van der Waals surface area contributed by atoms with Crippen LogP contribution < -0.4 is 4.57 Å². The lowest BCUT2D eigenvalue weighted by atomic mass is 9.95. The number of hydrogen-bond donors (Lipinski definition) is 0. The number of fused-ring (bicyclic) bond motifs is 5. The summed E-state index contributed by atoms with van der Waals surface area (Å²) in [5.74, 6) is 0. The Morgan fingerprint density at radius 3 is 2.36 bits per heavy atom. The van der Waals surface area contributed by atoms with Crippen molar-refractivity contribution < 1.29 is 4.57 Å². The van der Waals surface area contributed by atoms with Crippen LogP contribution in [-0.2, 0) is 13.5 Å². The highest BCUT2D eigenvalue weighted by molar-refractivity contribution is 6.26. The van der Waals surface area contributed by atoms with E-state index in [9.17, 15) is 0 Å². The van der Waals surface area contributed by atoms with Gasteiger partial charge in [-0.05, 0) is 66.1 Å². The molecule has 4 aromatic carbocycles. The molecule has 0 saturated carbocycles. The first-order chi connectivity index (χ1) is 16.1. The van der Waals surface area contributed by atoms with Crippen molar-refractivity contribution in [2.24, 2.45) is 7.05 Å². The van der Waals surface area contributed by atoms with E-state index in [1.165, 1.54) is 71.3 Å². The average molecular weight is 426 g/mol. The largest absolute Gasteiger partial charge is 0.307 e. The summed E-state index contributed by atoms with van der Waals surface area (Å²) in [5, 5.41) is 6.70. The summed E-state index contributed by atoms with van der Waals surface area (Å²) in [6.45, 7) is 4.52. The highest BCUT2D eigenvalue weighted by Gasteiger charge is 2.24. The van der Waals surface area contributed by atoms with E-state index in [2.05, 4.69) is 115 Å². The van der Waals surface area contributed by atoms with Gasteiger partial charge in [0.05, 0.1) is 27.3 Å². The van der Waals surface area contributed by atoms with Gasteiger partial charge in [-0.15, -0.1) is 0 Å². The molecule has 0 radical (unpaired) electrons. The number of aromatic nitrogens is 2. The van der Waals surface area contributed by atoms with Gasteiger partial charge in [0, 0.05) is 16.8 Å². The monoisotopic (exact) mass is 425 g/mol. The molecular weight excluding hydrogens is 400 g/mol. The Labute approximate surface area is 192 Å². The molecule has 33 heavy (non-hydrogen) atoms. The van der Waals surface area contributed by atoms with Gasteiger partial charge in [0.2, 0.25) is 5.52 Å². The van der Waals surface area contributed by atoms with Gasteiger partial charge in [0.15, 0.2) is 6.20 Å². The molecule has 7 aromatic rings. The van der Waals surface area contributed by atoms with Crippen LogP contribution in [0.1, 0.15) is 22.3 Å². The summed E-state index contributed by atoms with van der Waals surface area (Å²) in [5.41, 5.74) is 10.7. The highest BCUT2D eigenvalue weighted by atomic mass is 15.0. The van der Waals surface area contributed by atoms with Gasteiger partial charge in [0.1, 0.15) is 7.05 Å². The van der Waals surface area contributed by atoms with Crippen LogP contribution in [0, 0.1) is 13.8 Å². The fraction of sp³-hybridized carbons (Fsp3) is 0.129. The summed E-state index contributed by atoms with van der Waals surface area (Å²) in [7, 11) is 2.18. The second-order valence-electron chi connectivity index (χ2n) is 9.46. The minimum Gasteiger partial charge on any atom is -0.307 e. The van der Waals surface area contributed by atoms with E-state index in [1.807, 2.05) is 0 Å². The fourth-order valence-corrected chi connectivity index (χ4v) is 5.85. The number of benzene rings is 4. The second kappa shape index (κ2) is 6.55. The van der Waals surface area contributed by atoms with E-state index < -0.39 is 0 Å². The summed E-state index contributed by atoms with van der Waals surface area (Å²) in [4.78, 5) is 0. The fourth-order valence-electron chi connectivity index (χ4n) is 5.85. The van der Waals surface area contributed by atoms with Crippen LogP contribution in [0.4, 0.5) is 0 Å². The SMILES string of the molecule is Cc1cc2c3ccccc3n3c4cc(Cc5ccccc5)cc5cc[n+](C)c(c(c1C)c23)c54. The molecule has 0 unspecified atom stereocenters. The van der Waals surface area contributed by atoms with Crippen molar-refractivity contribution in [3.05, 3.63) is 107 Å². The molecule has 0 aliphatic rings. The molecule has 7 rings (SSSR count). The molecule has 0 aliphatic heterocycles. The lowest BCUT2D eigenvalue weighted by molar-refractivity contribution is -0.643. The van der Waals surface area contributed by atoms with Crippen molar-refractivity contribution in [1.82, 2.24) is 4.40 Å². The van der Waals surface area contributed by atoms with Crippen LogP contribution in [0.2, 0.25) is 0 Å². The maximum Gasteiger partial charge on any atom is 0.224 e. The molecule has 158 valence electrons. The topological polar surface area (TPSA) is 8.29 Å². The first kappa shape index (κ1) is 18.6. The summed E-state index contributed by atoms with van der Waals surface area (Å²) in [6, 6.07) is 29.1. The summed E-state index contributed by atoms with van der Waals surface area (Å²) >= 11 is 0. The smallest absolute Gasteiger partial charge is 0.224 e. The maximum atomic E-state index is 2.52. The average Bonchev–Trinajstić information content (AvgIpc) is 3.15. The van der Waals surface area contributed by atoms with Gasteiger partial charge < -0.3 is 4.40 Å². The number of aryl methyl sites for hydroxylation is 3. The minimum atomic E-state index is 0.933. The Morgan fingerprint density at radius 1 is 0.727 bits per heavy atom. The zero-order chi connectivity index (χ0) is 22.3. The lowest BCUT2D eigenvalue weighted by Gasteiger charge is -2.15. The predicted octanol–water partition coefficient (Wildman–Crippen LogP) is 7.02. The van der Waals surface area contributed by atoms with Crippen molar-refractivity contribution in [2.45, 2.75) is 20.3 Å². The Morgan fingerprint density at radius 2 is 1.52 bits per heavy atom. The minimum absolute atomic E-state index is 0.933. The summed E-state index contributed by atoms with van der Waals surface area (Å²) < 4.78 is 4.83.